The third-order valence-electron chi connectivity index (χ3n) is 2.84. The molecule has 3 N–H and O–H groups in total. The summed E-state index contributed by atoms with van der Waals surface area (Å²) in [5.41, 5.74) is 6.37. The normalized spacial score (nSPS) is 11.6. The molecular formula is C15H18N4OS. The van der Waals surface area contributed by atoms with Crippen molar-refractivity contribution >= 4 is 17.2 Å². The van der Waals surface area contributed by atoms with E-state index in [2.05, 4.69) is 22.3 Å². The second kappa shape index (κ2) is 7.07. The zero-order chi connectivity index (χ0) is 15.2. The van der Waals surface area contributed by atoms with Gasteiger partial charge in [0.2, 0.25) is 0 Å². The van der Waals surface area contributed by atoms with Crippen molar-refractivity contribution in [1.82, 2.24) is 15.1 Å². The Morgan fingerprint density at radius 2 is 2.43 bits per heavy atom. The number of nitrogens with one attached hydrogen (secondary N) is 1. The van der Waals surface area contributed by atoms with Crippen LogP contribution in [0.25, 0.3) is 0 Å². The smallest absolute Gasteiger partial charge is 0.261 e. The highest BCUT2D eigenvalue weighted by Crippen LogP contribution is 2.20. The molecule has 110 valence electrons. The Kier molecular flexibility index (Phi) is 5.14. The molecule has 2 heterocycles. The van der Waals surface area contributed by atoms with Crippen LogP contribution >= 0.6 is 11.3 Å². The van der Waals surface area contributed by atoms with Crippen LogP contribution in [0.4, 0.5) is 0 Å². The van der Waals surface area contributed by atoms with E-state index in [1.54, 1.807) is 10.9 Å². The predicted octanol–water partition coefficient (Wildman–Crippen LogP) is 1.38. The molecule has 0 aromatic carbocycles. The van der Waals surface area contributed by atoms with Crippen molar-refractivity contribution in [3.05, 3.63) is 39.8 Å². The molecule has 0 aliphatic carbocycles. The van der Waals surface area contributed by atoms with Crippen molar-refractivity contribution in [3.63, 3.8) is 0 Å². The number of thiophene rings is 1. The zero-order valence-corrected chi connectivity index (χ0v) is 12.9. The Bertz CT molecular complexity index is 664. The monoisotopic (exact) mass is 302 g/mol. The zero-order valence-electron chi connectivity index (χ0n) is 12.1. The summed E-state index contributed by atoms with van der Waals surface area (Å²) in [5.74, 6) is 5.72. The molecule has 0 spiro atoms. The Balaban J connectivity index is 2.00. The molecule has 0 radical (unpaired) electrons. The summed E-state index contributed by atoms with van der Waals surface area (Å²) in [6.07, 6.45) is 3.60. The maximum absolute atomic E-state index is 12.2. The van der Waals surface area contributed by atoms with Crippen molar-refractivity contribution in [1.29, 1.82) is 0 Å². The number of carbonyl (C=O) groups is 1. The summed E-state index contributed by atoms with van der Waals surface area (Å²) in [7, 11) is 0. The van der Waals surface area contributed by atoms with Crippen LogP contribution in [0.1, 0.15) is 27.0 Å². The summed E-state index contributed by atoms with van der Waals surface area (Å²) in [6, 6.07) is 3.72. The number of hydrogen-bond acceptors (Lipinski definition) is 4. The quantitative estimate of drug-likeness (QED) is 0.838. The number of nitrogens with two attached hydrogens (primary N) is 1. The molecule has 1 atom stereocenters. The van der Waals surface area contributed by atoms with E-state index in [9.17, 15) is 4.79 Å². The fraction of sp³-hybridized carbons (Fsp3) is 0.333. The van der Waals surface area contributed by atoms with Crippen LogP contribution in [0.5, 0.6) is 0 Å². The van der Waals surface area contributed by atoms with E-state index < -0.39 is 0 Å². The Hall–Kier alpha value is -2.10. The highest BCUT2D eigenvalue weighted by Gasteiger charge is 2.14. The molecule has 0 saturated carbocycles. The SMILES string of the molecule is Cc1cc(C(=O)NC(C)Cn2cccn2)sc1C#CCN. The fourth-order valence-corrected chi connectivity index (χ4v) is 2.83. The molecule has 2 aromatic heterocycles. The average Bonchev–Trinajstić information content (AvgIpc) is 3.06. The standard InChI is InChI=1S/C15H18N4OS/c1-11-9-14(21-13(11)5-3-6-16)15(20)18-12(2)10-19-8-4-7-17-19/h4,7-9,12H,6,10,16H2,1-2H3,(H,18,20). The van der Waals surface area contributed by atoms with Crippen LogP contribution in [0.3, 0.4) is 0 Å². The third kappa shape index (κ3) is 4.18. The summed E-state index contributed by atoms with van der Waals surface area (Å²) < 4.78 is 1.79. The van der Waals surface area contributed by atoms with E-state index in [0.717, 1.165) is 10.4 Å². The molecule has 2 aromatic rings. The number of rotatable bonds is 4. The first-order valence-corrected chi connectivity index (χ1v) is 7.49. The number of hydrogen-bond donors (Lipinski definition) is 2. The van der Waals surface area contributed by atoms with Crippen LogP contribution in [0.15, 0.2) is 24.5 Å². The van der Waals surface area contributed by atoms with Gasteiger partial charge in [-0.2, -0.15) is 5.10 Å². The number of carbonyl (C=O) groups excluding carboxylic acids is 1. The molecule has 0 saturated heterocycles. The van der Waals surface area contributed by atoms with Crippen molar-refractivity contribution < 1.29 is 4.79 Å². The van der Waals surface area contributed by atoms with Gasteiger partial charge in [-0.3, -0.25) is 9.48 Å². The Labute approximate surface area is 128 Å². The molecule has 0 aliphatic heterocycles. The largest absolute Gasteiger partial charge is 0.347 e. The molecule has 1 amide bonds. The highest BCUT2D eigenvalue weighted by atomic mass is 32.1. The van der Waals surface area contributed by atoms with Gasteiger partial charge in [0.25, 0.3) is 5.91 Å². The minimum atomic E-state index is -0.0800. The molecule has 21 heavy (non-hydrogen) atoms. The molecular weight excluding hydrogens is 284 g/mol. The topological polar surface area (TPSA) is 72.9 Å². The maximum atomic E-state index is 12.2. The van der Waals surface area contributed by atoms with Crippen molar-refractivity contribution in [2.24, 2.45) is 5.73 Å². The number of amides is 1. The van der Waals surface area contributed by atoms with Crippen molar-refractivity contribution in [2.75, 3.05) is 6.54 Å². The minimum absolute atomic E-state index is 0.00150. The van der Waals surface area contributed by atoms with E-state index in [1.165, 1.54) is 11.3 Å². The van der Waals surface area contributed by atoms with E-state index in [1.807, 2.05) is 32.2 Å². The number of nitrogens with zero attached hydrogens (tertiary/aromatic N) is 2. The fourth-order valence-electron chi connectivity index (χ4n) is 1.88. The number of aromatic nitrogens is 2. The lowest BCUT2D eigenvalue weighted by atomic mass is 10.2. The van der Waals surface area contributed by atoms with Gasteiger partial charge in [-0.25, -0.2) is 0 Å². The molecule has 0 bridgehead atoms. The van der Waals surface area contributed by atoms with Crippen LogP contribution in [0, 0.1) is 18.8 Å². The van der Waals surface area contributed by atoms with Gasteiger partial charge in [-0.05, 0) is 31.5 Å². The molecule has 0 fully saturated rings. The van der Waals surface area contributed by atoms with Crippen LogP contribution in [-0.2, 0) is 6.54 Å². The average molecular weight is 302 g/mol. The Morgan fingerprint density at radius 1 is 1.62 bits per heavy atom. The maximum Gasteiger partial charge on any atom is 0.261 e. The summed E-state index contributed by atoms with van der Waals surface area (Å²) in [6.45, 7) is 4.86. The molecule has 2 rings (SSSR count). The van der Waals surface area contributed by atoms with E-state index >= 15 is 0 Å². The third-order valence-corrected chi connectivity index (χ3v) is 3.99. The van der Waals surface area contributed by atoms with Gasteiger partial charge < -0.3 is 11.1 Å². The predicted molar refractivity (Wildman–Crippen MR) is 84.1 cm³/mol. The van der Waals surface area contributed by atoms with Crippen molar-refractivity contribution in [3.8, 4) is 11.8 Å². The minimum Gasteiger partial charge on any atom is -0.347 e. The molecule has 1 unspecified atom stereocenters. The lowest BCUT2D eigenvalue weighted by Gasteiger charge is -2.13. The van der Waals surface area contributed by atoms with E-state index in [-0.39, 0.29) is 11.9 Å². The van der Waals surface area contributed by atoms with Gasteiger partial charge in [0.05, 0.1) is 22.8 Å². The summed E-state index contributed by atoms with van der Waals surface area (Å²) in [4.78, 5) is 13.8. The second-order valence-corrected chi connectivity index (χ2v) is 5.78. The van der Waals surface area contributed by atoms with Crippen LogP contribution in [0.2, 0.25) is 0 Å². The van der Waals surface area contributed by atoms with Gasteiger partial charge in [-0.1, -0.05) is 11.8 Å². The molecule has 0 aliphatic rings. The van der Waals surface area contributed by atoms with Gasteiger partial charge in [0.1, 0.15) is 0 Å². The van der Waals surface area contributed by atoms with Gasteiger partial charge in [-0.15, -0.1) is 11.3 Å². The lowest BCUT2D eigenvalue weighted by molar-refractivity contribution is 0.0940. The van der Waals surface area contributed by atoms with Gasteiger partial charge in [0, 0.05) is 18.4 Å². The van der Waals surface area contributed by atoms with Crippen LogP contribution < -0.4 is 11.1 Å². The molecule has 5 nitrogen and oxygen atoms in total. The first-order valence-electron chi connectivity index (χ1n) is 6.68. The Morgan fingerprint density at radius 3 is 3.10 bits per heavy atom. The molecule has 6 heteroatoms. The summed E-state index contributed by atoms with van der Waals surface area (Å²) in [5, 5.41) is 7.09. The van der Waals surface area contributed by atoms with Gasteiger partial charge >= 0.3 is 0 Å². The number of aryl methyl sites for hydroxylation is 1. The van der Waals surface area contributed by atoms with Gasteiger partial charge in [0.15, 0.2) is 0 Å². The summed E-state index contributed by atoms with van der Waals surface area (Å²) >= 11 is 1.39. The lowest BCUT2D eigenvalue weighted by Crippen LogP contribution is -2.35. The van der Waals surface area contributed by atoms with E-state index in [0.29, 0.717) is 18.0 Å². The second-order valence-electron chi connectivity index (χ2n) is 4.73. The van der Waals surface area contributed by atoms with Crippen molar-refractivity contribution in [2.45, 2.75) is 26.4 Å². The first kappa shape index (κ1) is 15.3. The van der Waals surface area contributed by atoms with Crippen LogP contribution in [-0.4, -0.2) is 28.3 Å². The van der Waals surface area contributed by atoms with E-state index in [4.69, 9.17) is 5.73 Å². The highest BCUT2D eigenvalue weighted by molar-refractivity contribution is 7.14. The first-order chi connectivity index (χ1) is 10.1.